The highest BCUT2D eigenvalue weighted by molar-refractivity contribution is 6.56. The molecule has 2 heterocycles. The van der Waals surface area contributed by atoms with Gasteiger partial charge >= 0.3 is 7.12 Å². The minimum atomic E-state index is -1.61. The first-order valence-corrected chi connectivity index (χ1v) is 9.02. The van der Waals surface area contributed by atoms with Gasteiger partial charge in [0.15, 0.2) is 11.5 Å². The summed E-state index contributed by atoms with van der Waals surface area (Å²) in [5.74, 6) is 1.15. The molecule has 160 valence electrons. The van der Waals surface area contributed by atoms with Crippen LogP contribution >= 0.6 is 0 Å². The molecule has 0 radical (unpaired) electrons. The van der Waals surface area contributed by atoms with Gasteiger partial charge in [-0.25, -0.2) is 0 Å². The van der Waals surface area contributed by atoms with Crippen LogP contribution in [0.25, 0.3) is 0 Å². The third-order valence-corrected chi connectivity index (χ3v) is 3.18. The number of furan rings is 2. The van der Waals surface area contributed by atoms with E-state index in [1.165, 1.54) is 6.07 Å². The first kappa shape index (κ1) is 26.4. The molecular weight excluding hydrogens is 367 g/mol. The van der Waals surface area contributed by atoms with Crippen molar-refractivity contribution < 1.29 is 37.8 Å². The van der Waals surface area contributed by atoms with E-state index in [2.05, 4.69) is 0 Å². The lowest BCUT2D eigenvalue weighted by atomic mass is 9.88. The molecular formula is C19H33BO8. The van der Waals surface area contributed by atoms with Crippen molar-refractivity contribution in [3.63, 3.8) is 0 Å². The molecule has 0 amide bonds. The van der Waals surface area contributed by atoms with Gasteiger partial charge in [0, 0.05) is 26.4 Å². The van der Waals surface area contributed by atoms with Crippen LogP contribution < -0.4 is 5.66 Å². The molecule has 0 aliphatic heterocycles. The van der Waals surface area contributed by atoms with Crippen molar-refractivity contribution in [1.82, 2.24) is 0 Å². The van der Waals surface area contributed by atoms with E-state index in [4.69, 9.17) is 37.8 Å². The van der Waals surface area contributed by atoms with Crippen molar-refractivity contribution in [2.24, 2.45) is 0 Å². The van der Waals surface area contributed by atoms with E-state index < -0.39 is 13.4 Å². The predicted molar refractivity (Wildman–Crippen MR) is 106 cm³/mol. The van der Waals surface area contributed by atoms with E-state index in [0.29, 0.717) is 32.2 Å². The normalized spacial score (nSPS) is 10.6. The molecule has 2 N–H and O–H groups in total. The Morgan fingerprint density at radius 2 is 1.32 bits per heavy atom. The molecule has 9 heteroatoms. The molecule has 0 fully saturated rings. The lowest BCUT2D eigenvalue weighted by Crippen LogP contribution is -2.28. The Balaban J connectivity index is 0.000000514. The van der Waals surface area contributed by atoms with E-state index in [0.717, 1.165) is 5.76 Å². The molecule has 0 aromatic carbocycles. The molecule has 0 aliphatic carbocycles. The molecule has 2 aromatic heterocycles. The van der Waals surface area contributed by atoms with E-state index in [-0.39, 0.29) is 19.4 Å². The van der Waals surface area contributed by atoms with Crippen LogP contribution in [0.5, 0.6) is 0 Å². The number of hydrogen-bond acceptors (Lipinski definition) is 8. The third kappa shape index (κ3) is 9.05. The molecule has 0 saturated carbocycles. The molecule has 2 rings (SSSR count). The fraction of sp³-hybridized carbons (Fsp3) is 0.579. The van der Waals surface area contributed by atoms with Crippen molar-refractivity contribution >= 4 is 12.8 Å². The van der Waals surface area contributed by atoms with Gasteiger partial charge < -0.3 is 37.8 Å². The molecule has 0 bridgehead atoms. The Morgan fingerprint density at radius 1 is 0.821 bits per heavy atom. The lowest BCUT2D eigenvalue weighted by Gasteiger charge is -2.13. The fourth-order valence-electron chi connectivity index (χ4n) is 2.09. The van der Waals surface area contributed by atoms with Gasteiger partial charge in [0.05, 0.1) is 6.26 Å². The Labute approximate surface area is 167 Å². The summed E-state index contributed by atoms with van der Waals surface area (Å²) in [6.07, 6.45) is 0.669. The summed E-state index contributed by atoms with van der Waals surface area (Å²) in [6.45, 7) is 9.75. The number of ether oxygens (including phenoxy) is 4. The van der Waals surface area contributed by atoms with Gasteiger partial charge in [-0.1, -0.05) is 7.43 Å². The topological polar surface area (TPSA) is 104 Å². The molecule has 0 atom stereocenters. The second-order valence-electron chi connectivity index (χ2n) is 5.11. The first-order valence-electron chi connectivity index (χ1n) is 9.02. The molecule has 2 aromatic rings. The van der Waals surface area contributed by atoms with Crippen molar-refractivity contribution in [3.8, 4) is 0 Å². The summed E-state index contributed by atoms with van der Waals surface area (Å²) < 4.78 is 31.5. The zero-order chi connectivity index (χ0) is 20.1. The highest BCUT2D eigenvalue weighted by Crippen LogP contribution is 2.19. The van der Waals surface area contributed by atoms with Gasteiger partial charge in [-0.15, -0.1) is 0 Å². The number of rotatable bonds is 11. The van der Waals surface area contributed by atoms with Crippen LogP contribution in [0.15, 0.2) is 39.4 Å². The number of hydrogen-bond donors (Lipinski definition) is 2. The average Bonchev–Trinajstić information content (AvgIpc) is 3.34. The molecule has 0 spiro atoms. The second kappa shape index (κ2) is 15.3. The molecule has 8 nitrogen and oxygen atoms in total. The Kier molecular flexibility index (Phi) is 14.4. The van der Waals surface area contributed by atoms with E-state index in [1.54, 1.807) is 12.3 Å². The molecule has 0 aliphatic rings. The van der Waals surface area contributed by atoms with Crippen LogP contribution in [0.4, 0.5) is 0 Å². The maximum Gasteiger partial charge on any atom is 0.526 e. The van der Waals surface area contributed by atoms with Crippen LogP contribution in [-0.4, -0.2) is 43.6 Å². The van der Waals surface area contributed by atoms with Crippen molar-refractivity contribution in [2.45, 2.75) is 47.7 Å². The Morgan fingerprint density at radius 3 is 1.68 bits per heavy atom. The van der Waals surface area contributed by atoms with Crippen LogP contribution in [0.3, 0.4) is 0 Å². The summed E-state index contributed by atoms with van der Waals surface area (Å²) in [7, 11) is -1.61. The predicted octanol–water partition coefficient (Wildman–Crippen LogP) is 3.02. The van der Waals surface area contributed by atoms with Crippen LogP contribution in [-0.2, 0) is 18.9 Å². The maximum atomic E-state index is 8.86. The van der Waals surface area contributed by atoms with Crippen molar-refractivity contribution in [2.75, 3.05) is 26.4 Å². The standard InChI is InChI=1S/C9H15BO5.C9H14O3.CH4/c1-3-13-9(14-4-2)7-5-6-8(15-7)10(11)12;1-3-10-9(11-4-2)8-6-5-7-12-8;/h5-6,9,11-12H,3-4H2,1-2H3;5-7,9H,3-4H2,1-2H3;1H4. The zero-order valence-corrected chi connectivity index (χ0v) is 16.3. The molecule has 0 saturated heterocycles. The van der Waals surface area contributed by atoms with Gasteiger partial charge in [0.25, 0.3) is 0 Å². The summed E-state index contributed by atoms with van der Waals surface area (Å²) in [5, 5.41) is 17.7. The van der Waals surface area contributed by atoms with Crippen molar-refractivity contribution in [1.29, 1.82) is 0 Å². The minimum Gasteiger partial charge on any atom is -0.464 e. The summed E-state index contributed by atoms with van der Waals surface area (Å²) >= 11 is 0. The molecule has 0 unspecified atom stereocenters. The summed E-state index contributed by atoms with van der Waals surface area (Å²) in [5.41, 5.74) is 0.0782. The Bertz CT molecular complexity index is 573. The van der Waals surface area contributed by atoms with Crippen LogP contribution in [0.1, 0.15) is 59.2 Å². The van der Waals surface area contributed by atoms with Gasteiger partial charge in [0.1, 0.15) is 5.66 Å². The smallest absolute Gasteiger partial charge is 0.464 e. The maximum absolute atomic E-state index is 8.86. The summed E-state index contributed by atoms with van der Waals surface area (Å²) in [4.78, 5) is 0. The first-order chi connectivity index (χ1) is 13.1. The second-order valence-corrected chi connectivity index (χ2v) is 5.11. The Hall–Kier alpha value is -1.62. The average molecular weight is 400 g/mol. The van der Waals surface area contributed by atoms with Crippen LogP contribution in [0.2, 0.25) is 0 Å². The monoisotopic (exact) mass is 400 g/mol. The quantitative estimate of drug-likeness (QED) is 0.438. The largest absolute Gasteiger partial charge is 0.526 e. The van der Waals surface area contributed by atoms with Gasteiger partial charge in [0.2, 0.25) is 12.6 Å². The minimum absolute atomic E-state index is 0. The van der Waals surface area contributed by atoms with E-state index >= 15 is 0 Å². The van der Waals surface area contributed by atoms with E-state index in [9.17, 15) is 0 Å². The fourth-order valence-corrected chi connectivity index (χ4v) is 2.09. The molecule has 28 heavy (non-hydrogen) atoms. The van der Waals surface area contributed by atoms with Gasteiger partial charge in [-0.3, -0.25) is 0 Å². The summed E-state index contributed by atoms with van der Waals surface area (Å²) in [6, 6.07) is 6.74. The lowest BCUT2D eigenvalue weighted by molar-refractivity contribution is -0.150. The van der Waals surface area contributed by atoms with Gasteiger partial charge in [-0.2, -0.15) is 0 Å². The van der Waals surface area contributed by atoms with Crippen molar-refractivity contribution in [3.05, 3.63) is 42.0 Å². The highest BCUT2D eigenvalue weighted by atomic mass is 16.7. The zero-order valence-electron chi connectivity index (χ0n) is 16.3. The van der Waals surface area contributed by atoms with E-state index in [1.807, 2.05) is 39.8 Å². The SMILES string of the molecule is C.CCOC(OCC)c1ccc(B(O)O)o1.CCOC(OCC)c1ccco1. The van der Waals surface area contributed by atoms with Crippen LogP contribution in [0, 0.1) is 0 Å². The highest BCUT2D eigenvalue weighted by Gasteiger charge is 2.21. The van der Waals surface area contributed by atoms with Gasteiger partial charge in [-0.05, 0) is 52.0 Å². The third-order valence-electron chi connectivity index (χ3n) is 3.18.